The van der Waals surface area contributed by atoms with Crippen LogP contribution in [0.2, 0.25) is 0 Å². The van der Waals surface area contributed by atoms with Crippen molar-refractivity contribution in [3.63, 3.8) is 0 Å². The van der Waals surface area contributed by atoms with Gasteiger partial charge in [0, 0.05) is 5.92 Å². The molecule has 2 aliphatic carbocycles. The fraction of sp³-hybridized carbons (Fsp3) is 0.318. The maximum atomic E-state index is 11.7. The third kappa shape index (κ3) is 3.11. The molecule has 2 fully saturated rings. The molecule has 2 bridgehead atoms. The Morgan fingerprint density at radius 3 is 2.12 bits per heavy atom. The summed E-state index contributed by atoms with van der Waals surface area (Å²) in [5.74, 6) is 0.428. The zero-order chi connectivity index (χ0) is 17.2. The van der Waals surface area contributed by atoms with Gasteiger partial charge in [0.25, 0.3) is 0 Å². The first-order chi connectivity index (χ1) is 12.3. The molecule has 3 atom stereocenters. The molecule has 0 aliphatic heterocycles. The molecule has 0 spiro atoms. The molecule has 2 saturated carbocycles. The summed E-state index contributed by atoms with van der Waals surface area (Å²) < 4.78 is 5.64. The Morgan fingerprint density at radius 1 is 0.960 bits per heavy atom. The molecule has 2 nitrogen and oxygen atoms in total. The monoisotopic (exact) mass is 352 g/mol. The van der Waals surface area contributed by atoms with Crippen molar-refractivity contribution in [1.29, 1.82) is 0 Å². The highest BCUT2D eigenvalue weighted by Crippen LogP contribution is 2.54. The van der Waals surface area contributed by atoms with Crippen LogP contribution in [0, 0.1) is 11.8 Å². The quantitative estimate of drug-likeness (QED) is 0.567. The Morgan fingerprint density at radius 2 is 1.56 bits per heavy atom. The van der Waals surface area contributed by atoms with Crippen LogP contribution in [-0.2, 0) is 9.53 Å². The van der Waals surface area contributed by atoms with Crippen LogP contribution in [0.4, 0.5) is 0 Å². The number of ether oxygens (including phenoxy) is 1. The highest BCUT2D eigenvalue weighted by atomic mass is 35.5. The SMILES string of the molecule is O=C(CCl)O[C@@H]1C[C@@H]2CC[C@H]1C2=C(c1ccccc1)c1ccccc1. The van der Waals surface area contributed by atoms with Crippen LogP contribution in [0.15, 0.2) is 66.2 Å². The molecule has 0 unspecified atom stereocenters. The number of carbonyl (C=O) groups is 1. The van der Waals surface area contributed by atoms with Crippen molar-refractivity contribution in [3.8, 4) is 0 Å². The summed E-state index contributed by atoms with van der Waals surface area (Å²) >= 11 is 5.64. The first-order valence-electron chi connectivity index (χ1n) is 8.88. The third-order valence-electron chi connectivity index (χ3n) is 5.44. The number of hydrogen-bond acceptors (Lipinski definition) is 2. The van der Waals surface area contributed by atoms with Gasteiger partial charge in [-0.3, -0.25) is 4.79 Å². The van der Waals surface area contributed by atoms with Gasteiger partial charge >= 0.3 is 5.97 Å². The Labute approximate surface area is 153 Å². The van der Waals surface area contributed by atoms with E-state index in [-0.39, 0.29) is 18.0 Å². The van der Waals surface area contributed by atoms with Gasteiger partial charge in [-0.05, 0) is 41.9 Å². The predicted octanol–water partition coefficient (Wildman–Crippen LogP) is 5.07. The number of halogens is 1. The van der Waals surface area contributed by atoms with E-state index in [0.29, 0.717) is 11.8 Å². The summed E-state index contributed by atoms with van der Waals surface area (Å²) in [6.07, 6.45) is 3.16. The largest absolute Gasteiger partial charge is 0.461 e. The molecular weight excluding hydrogens is 332 g/mol. The van der Waals surface area contributed by atoms with E-state index in [2.05, 4.69) is 48.5 Å². The lowest BCUT2D eigenvalue weighted by Gasteiger charge is -2.21. The van der Waals surface area contributed by atoms with E-state index in [0.717, 1.165) is 12.8 Å². The topological polar surface area (TPSA) is 26.3 Å². The summed E-state index contributed by atoms with van der Waals surface area (Å²) in [5, 5.41) is 0. The lowest BCUT2D eigenvalue weighted by molar-refractivity contribution is -0.148. The highest BCUT2D eigenvalue weighted by molar-refractivity contribution is 6.26. The molecule has 2 aromatic rings. The fourth-order valence-electron chi connectivity index (χ4n) is 4.50. The van der Waals surface area contributed by atoms with E-state index in [9.17, 15) is 4.79 Å². The molecule has 128 valence electrons. The standard InChI is InChI=1S/C22H21ClO2/c23-14-20(24)25-19-13-17-11-12-18(19)22(17)21(15-7-3-1-4-8-15)16-9-5-2-6-10-16/h1-10,17-19H,11-14H2/t17-,18+,19+/m0/s1. The van der Waals surface area contributed by atoms with Crippen molar-refractivity contribution in [2.24, 2.45) is 11.8 Å². The number of hydrogen-bond donors (Lipinski definition) is 0. The lowest BCUT2D eigenvalue weighted by atomic mass is 9.88. The molecule has 4 rings (SSSR count). The van der Waals surface area contributed by atoms with Crippen molar-refractivity contribution in [1.82, 2.24) is 0 Å². The number of alkyl halides is 1. The zero-order valence-corrected chi connectivity index (χ0v) is 14.8. The van der Waals surface area contributed by atoms with Gasteiger partial charge in [-0.2, -0.15) is 0 Å². The summed E-state index contributed by atoms with van der Waals surface area (Å²) in [7, 11) is 0. The molecule has 0 aromatic heterocycles. The summed E-state index contributed by atoms with van der Waals surface area (Å²) in [6, 6.07) is 21.1. The summed E-state index contributed by atoms with van der Waals surface area (Å²) in [4.78, 5) is 11.7. The molecule has 0 amide bonds. The van der Waals surface area contributed by atoms with Gasteiger partial charge in [0.2, 0.25) is 0 Å². The van der Waals surface area contributed by atoms with Crippen molar-refractivity contribution in [2.75, 3.05) is 5.88 Å². The normalized spacial score (nSPS) is 24.4. The van der Waals surface area contributed by atoms with Crippen molar-refractivity contribution >= 4 is 23.1 Å². The number of carbonyl (C=O) groups excluding carboxylic acids is 1. The molecule has 0 radical (unpaired) electrons. The average Bonchev–Trinajstić information content (AvgIpc) is 3.21. The van der Waals surface area contributed by atoms with Crippen molar-refractivity contribution in [2.45, 2.75) is 25.4 Å². The second-order valence-corrected chi connectivity index (χ2v) is 7.11. The first kappa shape index (κ1) is 16.4. The molecular formula is C22H21ClO2. The van der Waals surface area contributed by atoms with Crippen molar-refractivity contribution in [3.05, 3.63) is 77.4 Å². The van der Waals surface area contributed by atoms with Gasteiger partial charge < -0.3 is 4.74 Å². The minimum absolute atomic E-state index is 0.0255. The Kier molecular flexibility index (Phi) is 4.63. The van der Waals surface area contributed by atoms with E-state index in [1.165, 1.54) is 28.7 Å². The van der Waals surface area contributed by atoms with Crippen molar-refractivity contribution < 1.29 is 9.53 Å². The molecule has 2 aliphatic rings. The number of esters is 1. The van der Waals surface area contributed by atoms with Crippen LogP contribution in [0.5, 0.6) is 0 Å². The van der Waals surface area contributed by atoms with E-state index >= 15 is 0 Å². The Bertz CT molecular complexity index is 741. The molecule has 3 heteroatoms. The second-order valence-electron chi connectivity index (χ2n) is 6.84. The van der Waals surface area contributed by atoms with Gasteiger partial charge in [0.1, 0.15) is 12.0 Å². The van der Waals surface area contributed by atoms with Gasteiger partial charge in [-0.25, -0.2) is 0 Å². The number of benzene rings is 2. The van der Waals surface area contributed by atoms with E-state index in [1.54, 1.807) is 0 Å². The maximum absolute atomic E-state index is 11.7. The molecule has 0 saturated heterocycles. The van der Waals surface area contributed by atoms with Gasteiger partial charge in [-0.15, -0.1) is 11.6 Å². The minimum Gasteiger partial charge on any atom is -0.461 e. The average molecular weight is 353 g/mol. The van der Waals surface area contributed by atoms with Crippen LogP contribution in [-0.4, -0.2) is 18.0 Å². The van der Waals surface area contributed by atoms with Crippen LogP contribution in [0.25, 0.3) is 5.57 Å². The van der Waals surface area contributed by atoms with E-state index in [4.69, 9.17) is 16.3 Å². The smallest absolute Gasteiger partial charge is 0.321 e. The second kappa shape index (κ2) is 7.05. The summed E-state index contributed by atoms with van der Waals surface area (Å²) in [6.45, 7) is 0. The number of fused-ring (bicyclic) bond motifs is 2. The fourth-order valence-corrected chi connectivity index (χ4v) is 4.56. The highest BCUT2D eigenvalue weighted by Gasteiger charge is 2.47. The zero-order valence-electron chi connectivity index (χ0n) is 14.0. The summed E-state index contributed by atoms with van der Waals surface area (Å²) in [5.41, 5.74) is 5.26. The van der Waals surface area contributed by atoms with E-state index in [1.807, 2.05) is 12.1 Å². The van der Waals surface area contributed by atoms with Crippen LogP contribution in [0.3, 0.4) is 0 Å². The van der Waals surface area contributed by atoms with E-state index < -0.39 is 0 Å². The number of rotatable bonds is 4. The molecule has 0 N–H and O–H groups in total. The lowest BCUT2D eigenvalue weighted by Crippen LogP contribution is -2.24. The van der Waals surface area contributed by atoms with Crippen LogP contribution < -0.4 is 0 Å². The van der Waals surface area contributed by atoms with Crippen LogP contribution >= 0.6 is 11.6 Å². The van der Waals surface area contributed by atoms with Gasteiger partial charge in [0.15, 0.2) is 0 Å². The predicted molar refractivity (Wildman–Crippen MR) is 100 cm³/mol. The van der Waals surface area contributed by atoms with Gasteiger partial charge in [-0.1, -0.05) is 66.2 Å². The molecule has 2 aromatic carbocycles. The minimum atomic E-state index is -0.306. The molecule has 0 heterocycles. The third-order valence-corrected chi connectivity index (χ3v) is 5.65. The molecule has 25 heavy (non-hydrogen) atoms. The Hall–Kier alpha value is -2.06. The maximum Gasteiger partial charge on any atom is 0.321 e. The first-order valence-corrected chi connectivity index (χ1v) is 9.41. The van der Waals surface area contributed by atoms with Crippen LogP contribution in [0.1, 0.15) is 30.4 Å². The Balaban J connectivity index is 1.80. The van der Waals surface area contributed by atoms with Gasteiger partial charge in [0.05, 0.1) is 0 Å².